The molecule has 0 aromatic heterocycles. The highest BCUT2D eigenvalue weighted by Gasteiger charge is 2.44. The Hall–Kier alpha value is -1.91. The van der Waals surface area contributed by atoms with Crippen molar-refractivity contribution in [3.05, 3.63) is 95.6 Å². The zero-order valence-corrected chi connectivity index (χ0v) is 25.1. The molecule has 1 atom stereocenters. The molecule has 0 saturated heterocycles. The Morgan fingerprint density at radius 1 is 0.618 bits per heavy atom. The minimum atomic E-state index is -1.92. The summed E-state index contributed by atoms with van der Waals surface area (Å²) in [6, 6.07) is 31.5. The van der Waals surface area contributed by atoms with Crippen LogP contribution in [0.3, 0.4) is 0 Å². The van der Waals surface area contributed by atoms with Crippen LogP contribution in [0, 0.1) is 0 Å². The van der Waals surface area contributed by atoms with E-state index in [4.69, 9.17) is 0 Å². The van der Waals surface area contributed by atoms with Gasteiger partial charge >= 0.3 is 0 Å². The Kier molecular flexibility index (Phi) is 7.84. The molecule has 0 radical (unpaired) electrons. The van der Waals surface area contributed by atoms with Crippen molar-refractivity contribution in [2.45, 2.75) is 90.1 Å². The first-order chi connectivity index (χ1) is 15.8. The second-order valence-electron chi connectivity index (χ2n) is 12.7. The van der Waals surface area contributed by atoms with Crippen molar-refractivity contribution in [2.75, 3.05) is 0 Å². The molecule has 0 bridgehead atoms. The van der Waals surface area contributed by atoms with Crippen molar-refractivity contribution < 1.29 is 0 Å². The lowest BCUT2D eigenvalue weighted by Crippen LogP contribution is -2.61. The van der Waals surface area contributed by atoms with Gasteiger partial charge in [-0.1, -0.05) is 156 Å². The summed E-state index contributed by atoms with van der Waals surface area (Å²) in [5.41, 5.74) is 4.49. The second kappa shape index (κ2) is 9.99. The fourth-order valence-electron chi connectivity index (χ4n) is 5.26. The van der Waals surface area contributed by atoms with E-state index in [1.807, 2.05) is 0 Å². The average molecular weight is 487 g/mol. The van der Waals surface area contributed by atoms with Gasteiger partial charge in [0.1, 0.15) is 8.07 Å². The molecule has 2 heteroatoms. The van der Waals surface area contributed by atoms with Crippen molar-refractivity contribution in [3.63, 3.8) is 0 Å². The number of hydrogen-bond donors (Lipinski definition) is 0. The molecule has 0 nitrogen and oxygen atoms in total. The zero-order valence-electron chi connectivity index (χ0n) is 23.1. The van der Waals surface area contributed by atoms with E-state index in [0.29, 0.717) is 5.04 Å². The first-order valence-electron chi connectivity index (χ1n) is 13.0. The molecular weight excluding hydrogens is 441 g/mol. The summed E-state index contributed by atoms with van der Waals surface area (Å²) in [4.78, 5) is 0. The first-order valence-corrected chi connectivity index (χ1v) is 18.7. The molecule has 0 N–H and O–H groups in total. The minimum absolute atomic E-state index is 0.237. The standard InChI is InChI=1S/C32H46Si2/c1-10-26-16-14-18-28(22-26)25-33(7,8)32(5,6)24-27-17-15-21-30(23-27)34(9,31(2,3)4)29-19-12-11-13-20-29/h11-23H,10,24-25H2,1-9H3/t34-/m0/s1. The van der Waals surface area contributed by atoms with E-state index in [9.17, 15) is 0 Å². The van der Waals surface area contributed by atoms with Gasteiger partial charge in [-0.15, -0.1) is 0 Å². The maximum Gasteiger partial charge on any atom is 0.120 e. The summed E-state index contributed by atoms with van der Waals surface area (Å²) >= 11 is 0. The van der Waals surface area contributed by atoms with Gasteiger partial charge in [-0.2, -0.15) is 0 Å². The highest BCUT2D eigenvalue weighted by molar-refractivity contribution is 7.03. The summed E-state index contributed by atoms with van der Waals surface area (Å²) in [5, 5.41) is 3.64. The lowest BCUT2D eigenvalue weighted by Gasteiger charge is -2.42. The van der Waals surface area contributed by atoms with Gasteiger partial charge in [0.25, 0.3) is 0 Å². The van der Waals surface area contributed by atoms with Crippen LogP contribution in [-0.4, -0.2) is 16.1 Å². The van der Waals surface area contributed by atoms with Crippen molar-refractivity contribution >= 4 is 26.5 Å². The lowest BCUT2D eigenvalue weighted by atomic mass is 10.0. The van der Waals surface area contributed by atoms with E-state index >= 15 is 0 Å². The Morgan fingerprint density at radius 2 is 1.18 bits per heavy atom. The van der Waals surface area contributed by atoms with Crippen molar-refractivity contribution in [1.29, 1.82) is 0 Å². The lowest BCUT2D eigenvalue weighted by molar-refractivity contribution is 0.634. The van der Waals surface area contributed by atoms with Gasteiger partial charge in [-0.3, -0.25) is 0 Å². The van der Waals surface area contributed by atoms with Crippen LogP contribution in [0.4, 0.5) is 0 Å². The molecule has 34 heavy (non-hydrogen) atoms. The van der Waals surface area contributed by atoms with E-state index < -0.39 is 16.1 Å². The molecule has 0 aliphatic heterocycles. The predicted octanol–water partition coefficient (Wildman–Crippen LogP) is 8.05. The summed E-state index contributed by atoms with van der Waals surface area (Å²) in [6.07, 6.45) is 2.26. The zero-order chi connectivity index (χ0) is 25.2. The molecule has 3 aromatic rings. The van der Waals surface area contributed by atoms with Crippen LogP contribution >= 0.6 is 0 Å². The molecule has 182 valence electrons. The van der Waals surface area contributed by atoms with Gasteiger partial charge in [0.2, 0.25) is 0 Å². The van der Waals surface area contributed by atoms with Gasteiger partial charge in [-0.25, -0.2) is 0 Å². The van der Waals surface area contributed by atoms with E-state index in [1.165, 1.54) is 27.9 Å². The first kappa shape index (κ1) is 26.7. The van der Waals surface area contributed by atoms with E-state index in [2.05, 4.69) is 140 Å². The maximum absolute atomic E-state index is 2.59. The minimum Gasteiger partial charge on any atom is -0.0687 e. The Labute approximate surface area is 211 Å². The second-order valence-corrected chi connectivity index (χ2v) is 23.1. The molecule has 0 heterocycles. The summed E-state index contributed by atoms with van der Waals surface area (Å²) in [7, 11) is -3.46. The topological polar surface area (TPSA) is 0 Å². The normalized spacial score (nSPS) is 14.6. The number of rotatable bonds is 8. The predicted molar refractivity (Wildman–Crippen MR) is 158 cm³/mol. The van der Waals surface area contributed by atoms with Crippen LogP contribution in [0.15, 0.2) is 78.9 Å². The van der Waals surface area contributed by atoms with Crippen LogP contribution in [0.25, 0.3) is 0 Å². The fraction of sp³-hybridized carbons (Fsp3) is 0.438. The van der Waals surface area contributed by atoms with Crippen LogP contribution in [0.2, 0.25) is 29.7 Å². The molecule has 3 rings (SSSR count). The third kappa shape index (κ3) is 5.49. The average Bonchev–Trinajstić information content (AvgIpc) is 2.78. The fourth-order valence-corrected chi connectivity index (χ4v) is 11.5. The third-order valence-electron chi connectivity index (χ3n) is 8.88. The van der Waals surface area contributed by atoms with E-state index in [0.717, 1.165) is 12.8 Å². The van der Waals surface area contributed by atoms with Gasteiger partial charge in [0, 0.05) is 0 Å². The monoisotopic (exact) mass is 486 g/mol. The smallest absolute Gasteiger partial charge is 0.0687 e. The summed E-state index contributed by atoms with van der Waals surface area (Å²) in [5.74, 6) is 0. The van der Waals surface area contributed by atoms with Crippen LogP contribution in [-0.2, 0) is 18.9 Å². The van der Waals surface area contributed by atoms with Crippen LogP contribution in [0.1, 0.15) is 58.2 Å². The Balaban J connectivity index is 1.92. The van der Waals surface area contributed by atoms with Crippen molar-refractivity contribution in [2.24, 2.45) is 0 Å². The SMILES string of the molecule is CCc1cccc(C[Si](C)(C)C(C)(C)Cc2cccc([Si@](C)(c3ccccc3)C(C)(C)C)c2)c1. The molecule has 0 unspecified atom stereocenters. The largest absolute Gasteiger partial charge is 0.120 e. The highest BCUT2D eigenvalue weighted by Crippen LogP contribution is 2.42. The molecule has 0 aliphatic rings. The number of hydrogen-bond acceptors (Lipinski definition) is 0. The quantitative estimate of drug-likeness (QED) is 0.282. The summed E-state index contributed by atoms with van der Waals surface area (Å²) < 4.78 is 0. The van der Waals surface area contributed by atoms with Crippen LogP contribution in [0.5, 0.6) is 0 Å². The van der Waals surface area contributed by atoms with Crippen molar-refractivity contribution in [3.8, 4) is 0 Å². The molecule has 3 aromatic carbocycles. The van der Waals surface area contributed by atoms with Crippen molar-refractivity contribution in [1.82, 2.24) is 0 Å². The molecule has 0 aliphatic carbocycles. The third-order valence-corrected chi connectivity index (χ3v) is 20.0. The molecule has 0 spiro atoms. The van der Waals surface area contributed by atoms with Gasteiger partial charge < -0.3 is 0 Å². The Morgan fingerprint density at radius 3 is 1.79 bits per heavy atom. The van der Waals surface area contributed by atoms with E-state index in [1.54, 1.807) is 5.19 Å². The van der Waals surface area contributed by atoms with Gasteiger partial charge in [0.05, 0.1) is 8.07 Å². The maximum atomic E-state index is 2.59. The van der Waals surface area contributed by atoms with Gasteiger partial charge in [0.15, 0.2) is 0 Å². The number of aryl methyl sites for hydroxylation is 1. The van der Waals surface area contributed by atoms with Gasteiger partial charge in [-0.05, 0) is 40.1 Å². The molecule has 0 saturated carbocycles. The van der Waals surface area contributed by atoms with Crippen LogP contribution < -0.4 is 10.4 Å². The molecule has 0 fully saturated rings. The number of benzene rings is 3. The highest BCUT2D eigenvalue weighted by atomic mass is 28.3. The van der Waals surface area contributed by atoms with E-state index in [-0.39, 0.29) is 5.04 Å². The Bertz CT molecular complexity index is 1090. The molecule has 0 amide bonds. The summed E-state index contributed by atoms with van der Waals surface area (Å²) in [6.45, 7) is 22.3. The molecular formula is C32H46Si2.